The highest BCUT2D eigenvalue weighted by atomic mass is 16.5. The summed E-state index contributed by atoms with van der Waals surface area (Å²) in [6, 6.07) is 10.7. The average molecular weight is 286 g/mol. The summed E-state index contributed by atoms with van der Waals surface area (Å²) in [6.45, 7) is 4.03. The smallest absolute Gasteiger partial charge is 0.260 e. The summed E-state index contributed by atoms with van der Waals surface area (Å²) in [5.41, 5.74) is 0.450. The highest BCUT2D eigenvalue weighted by Crippen LogP contribution is 2.18. The molecule has 1 amide bonds. The van der Waals surface area contributed by atoms with E-state index < -0.39 is 0 Å². The van der Waals surface area contributed by atoms with E-state index in [1.165, 1.54) is 7.11 Å². The summed E-state index contributed by atoms with van der Waals surface area (Å²) in [7, 11) is 1.53. The van der Waals surface area contributed by atoms with Crippen molar-refractivity contribution in [2.45, 2.75) is 19.9 Å². The van der Waals surface area contributed by atoms with Crippen LogP contribution in [-0.2, 0) is 0 Å². The highest BCUT2D eigenvalue weighted by molar-refractivity contribution is 6.05. The first-order valence-corrected chi connectivity index (χ1v) is 6.65. The molecular weight excluding hydrogens is 268 g/mol. The van der Waals surface area contributed by atoms with Crippen molar-refractivity contribution in [2.75, 3.05) is 17.7 Å². The molecule has 6 heteroatoms. The van der Waals surface area contributed by atoms with E-state index >= 15 is 0 Å². The van der Waals surface area contributed by atoms with Gasteiger partial charge in [0.2, 0.25) is 0 Å². The molecule has 110 valence electrons. The van der Waals surface area contributed by atoms with Crippen molar-refractivity contribution in [3.63, 3.8) is 0 Å². The van der Waals surface area contributed by atoms with Crippen molar-refractivity contribution in [3.8, 4) is 5.75 Å². The molecule has 0 saturated carbocycles. The number of aromatic nitrogens is 2. The maximum atomic E-state index is 12.2. The van der Waals surface area contributed by atoms with Crippen molar-refractivity contribution in [2.24, 2.45) is 0 Å². The SMILES string of the molecule is COc1ccccc1C(=O)Nc1ccc(NC(C)C)nn1. The molecule has 6 nitrogen and oxygen atoms in total. The molecule has 0 unspecified atom stereocenters. The lowest BCUT2D eigenvalue weighted by atomic mass is 10.2. The fraction of sp³-hybridized carbons (Fsp3) is 0.267. The molecule has 0 aliphatic heterocycles. The van der Waals surface area contributed by atoms with Gasteiger partial charge in [0.15, 0.2) is 5.82 Å². The van der Waals surface area contributed by atoms with Crippen LogP contribution in [0.3, 0.4) is 0 Å². The van der Waals surface area contributed by atoms with Gasteiger partial charge in [0, 0.05) is 6.04 Å². The van der Waals surface area contributed by atoms with Crippen molar-refractivity contribution in [3.05, 3.63) is 42.0 Å². The van der Waals surface area contributed by atoms with Gasteiger partial charge in [-0.2, -0.15) is 0 Å². The van der Waals surface area contributed by atoms with Gasteiger partial charge in [-0.05, 0) is 38.1 Å². The first-order chi connectivity index (χ1) is 10.1. The first-order valence-electron chi connectivity index (χ1n) is 6.65. The molecule has 0 aliphatic carbocycles. The lowest BCUT2D eigenvalue weighted by Gasteiger charge is -2.10. The number of methoxy groups -OCH3 is 1. The van der Waals surface area contributed by atoms with E-state index in [1.807, 2.05) is 19.9 Å². The number of benzene rings is 1. The highest BCUT2D eigenvalue weighted by Gasteiger charge is 2.12. The van der Waals surface area contributed by atoms with Gasteiger partial charge in [-0.3, -0.25) is 4.79 Å². The molecule has 1 heterocycles. The van der Waals surface area contributed by atoms with Gasteiger partial charge in [0.25, 0.3) is 5.91 Å². The minimum absolute atomic E-state index is 0.272. The number of anilines is 2. The maximum Gasteiger partial charge on any atom is 0.260 e. The number of carbonyl (C=O) groups is 1. The van der Waals surface area contributed by atoms with Crippen LogP contribution in [-0.4, -0.2) is 29.3 Å². The number of nitrogens with zero attached hydrogens (tertiary/aromatic N) is 2. The van der Waals surface area contributed by atoms with Crippen LogP contribution in [0.4, 0.5) is 11.6 Å². The normalized spacial score (nSPS) is 10.3. The first kappa shape index (κ1) is 14.8. The quantitative estimate of drug-likeness (QED) is 0.883. The molecule has 0 saturated heterocycles. The molecule has 2 N–H and O–H groups in total. The topological polar surface area (TPSA) is 76.1 Å². The van der Waals surface area contributed by atoms with E-state index in [4.69, 9.17) is 4.74 Å². The zero-order valence-corrected chi connectivity index (χ0v) is 12.3. The molecule has 1 aromatic heterocycles. The van der Waals surface area contributed by atoms with Gasteiger partial charge >= 0.3 is 0 Å². The van der Waals surface area contributed by atoms with Crippen LogP contribution in [0.5, 0.6) is 5.75 Å². The Bertz CT molecular complexity index is 611. The second kappa shape index (κ2) is 6.69. The number of para-hydroxylation sites is 1. The predicted octanol–water partition coefficient (Wildman–Crippen LogP) is 2.56. The van der Waals surface area contributed by atoms with Gasteiger partial charge < -0.3 is 15.4 Å². The van der Waals surface area contributed by atoms with Gasteiger partial charge in [0.1, 0.15) is 11.6 Å². The molecular formula is C15H18N4O2. The standard InChI is InChI=1S/C15H18N4O2/c1-10(2)16-13-8-9-14(19-18-13)17-15(20)11-6-4-5-7-12(11)21-3/h4-10H,1-3H3,(H,16,18)(H,17,19,20). The van der Waals surface area contributed by atoms with E-state index in [1.54, 1.807) is 30.3 Å². The Hall–Kier alpha value is -2.63. The summed E-state index contributed by atoms with van der Waals surface area (Å²) in [4.78, 5) is 12.2. The third-order valence-electron chi connectivity index (χ3n) is 2.69. The lowest BCUT2D eigenvalue weighted by molar-refractivity contribution is 0.102. The zero-order chi connectivity index (χ0) is 15.2. The van der Waals surface area contributed by atoms with Gasteiger partial charge in [-0.15, -0.1) is 10.2 Å². The van der Waals surface area contributed by atoms with E-state index in [-0.39, 0.29) is 11.9 Å². The van der Waals surface area contributed by atoms with E-state index in [0.717, 1.165) is 0 Å². The van der Waals surface area contributed by atoms with Crippen LogP contribution >= 0.6 is 0 Å². The molecule has 2 rings (SSSR count). The summed E-state index contributed by atoms with van der Waals surface area (Å²) in [5, 5.41) is 13.8. The van der Waals surface area contributed by atoms with Crippen LogP contribution in [0.2, 0.25) is 0 Å². The largest absolute Gasteiger partial charge is 0.496 e. The molecule has 0 spiro atoms. The Morgan fingerprint density at radius 3 is 2.38 bits per heavy atom. The Labute approximate surface area is 123 Å². The molecule has 0 radical (unpaired) electrons. The Morgan fingerprint density at radius 2 is 1.76 bits per heavy atom. The van der Waals surface area contributed by atoms with Crippen LogP contribution in [0.1, 0.15) is 24.2 Å². The van der Waals surface area contributed by atoms with E-state index in [9.17, 15) is 4.79 Å². The zero-order valence-electron chi connectivity index (χ0n) is 12.3. The monoisotopic (exact) mass is 286 g/mol. The van der Waals surface area contributed by atoms with Crippen molar-refractivity contribution >= 4 is 17.5 Å². The number of ether oxygens (including phenoxy) is 1. The fourth-order valence-electron chi connectivity index (χ4n) is 1.79. The fourth-order valence-corrected chi connectivity index (χ4v) is 1.79. The summed E-state index contributed by atoms with van der Waals surface area (Å²) >= 11 is 0. The number of rotatable bonds is 5. The second-order valence-electron chi connectivity index (χ2n) is 4.76. The second-order valence-corrected chi connectivity index (χ2v) is 4.76. The van der Waals surface area contributed by atoms with Crippen molar-refractivity contribution < 1.29 is 9.53 Å². The Kier molecular flexibility index (Phi) is 4.71. The lowest BCUT2D eigenvalue weighted by Crippen LogP contribution is -2.15. The van der Waals surface area contributed by atoms with E-state index in [2.05, 4.69) is 20.8 Å². The van der Waals surface area contributed by atoms with Gasteiger partial charge in [-0.25, -0.2) is 0 Å². The van der Waals surface area contributed by atoms with Gasteiger partial charge in [0.05, 0.1) is 12.7 Å². The summed E-state index contributed by atoms with van der Waals surface area (Å²) in [5.74, 6) is 1.29. The number of hydrogen-bond acceptors (Lipinski definition) is 5. The minimum atomic E-state index is -0.286. The molecule has 0 fully saturated rings. The maximum absolute atomic E-state index is 12.2. The van der Waals surface area contributed by atoms with Crippen molar-refractivity contribution in [1.82, 2.24) is 10.2 Å². The Balaban J connectivity index is 2.09. The average Bonchev–Trinajstić information content (AvgIpc) is 2.48. The van der Waals surface area contributed by atoms with Crippen LogP contribution in [0.15, 0.2) is 36.4 Å². The molecule has 0 aliphatic rings. The van der Waals surface area contributed by atoms with Crippen LogP contribution < -0.4 is 15.4 Å². The third kappa shape index (κ3) is 3.92. The van der Waals surface area contributed by atoms with Crippen molar-refractivity contribution in [1.29, 1.82) is 0 Å². The molecule has 0 atom stereocenters. The summed E-state index contributed by atoms with van der Waals surface area (Å²) < 4.78 is 5.16. The molecule has 21 heavy (non-hydrogen) atoms. The number of amides is 1. The summed E-state index contributed by atoms with van der Waals surface area (Å²) in [6.07, 6.45) is 0. The predicted molar refractivity (Wildman–Crippen MR) is 81.7 cm³/mol. The number of hydrogen-bond donors (Lipinski definition) is 2. The molecule has 0 bridgehead atoms. The van der Waals surface area contributed by atoms with E-state index in [0.29, 0.717) is 22.9 Å². The van der Waals surface area contributed by atoms with Crippen LogP contribution in [0.25, 0.3) is 0 Å². The number of nitrogens with one attached hydrogen (secondary N) is 2. The Morgan fingerprint density at radius 1 is 1.10 bits per heavy atom. The minimum Gasteiger partial charge on any atom is -0.496 e. The molecule has 2 aromatic rings. The number of carbonyl (C=O) groups excluding carboxylic acids is 1. The third-order valence-corrected chi connectivity index (χ3v) is 2.69. The van der Waals surface area contributed by atoms with Gasteiger partial charge in [-0.1, -0.05) is 12.1 Å². The van der Waals surface area contributed by atoms with Crippen LogP contribution in [0, 0.1) is 0 Å². The molecule has 1 aromatic carbocycles.